The number of hydrogen-bond donors (Lipinski definition) is 1. The Labute approximate surface area is 90.8 Å². The molecule has 2 N–H and O–H groups in total. The second kappa shape index (κ2) is 4.64. The number of anilines is 1. The third-order valence-corrected chi connectivity index (χ3v) is 2.68. The number of ether oxygens (including phenoxy) is 1. The summed E-state index contributed by atoms with van der Waals surface area (Å²) in [4.78, 5) is 2.41. The van der Waals surface area contributed by atoms with Gasteiger partial charge in [-0.05, 0) is 24.6 Å². The predicted octanol–water partition coefficient (Wildman–Crippen LogP) is 1.49. The van der Waals surface area contributed by atoms with Crippen LogP contribution in [0.1, 0.15) is 12.5 Å². The van der Waals surface area contributed by atoms with Crippen LogP contribution >= 0.6 is 0 Å². The molecule has 1 aromatic carbocycles. The molecule has 0 radical (unpaired) electrons. The number of nitrogen functional groups attached to an aromatic ring is 1. The average molecular weight is 206 g/mol. The van der Waals surface area contributed by atoms with Crippen LogP contribution in [0.25, 0.3) is 0 Å². The summed E-state index contributed by atoms with van der Waals surface area (Å²) in [6.45, 7) is 5.95. The third-order valence-electron chi connectivity index (χ3n) is 2.68. The highest BCUT2D eigenvalue weighted by molar-refractivity contribution is 5.40. The van der Waals surface area contributed by atoms with Gasteiger partial charge in [0.1, 0.15) is 0 Å². The smallest absolute Gasteiger partial charge is 0.0674 e. The van der Waals surface area contributed by atoms with Crippen LogP contribution in [-0.4, -0.2) is 30.7 Å². The van der Waals surface area contributed by atoms with Gasteiger partial charge in [0.05, 0.1) is 12.7 Å². The molecule has 3 heteroatoms. The first kappa shape index (κ1) is 10.5. The molecule has 1 unspecified atom stereocenters. The van der Waals surface area contributed by atoms with Crippen molar-refractivity contribution in [2.45, 2.75) is 19.6 Å². The predicted molar refractivity (Wildman–Crippen MR) is 61.5 cm³/mol. The molecule has 0 bridgehead atoms. The van der Waals surface area contributed by atoms with Crippen molar-refractivity contribution in [3.8, 4) is 0 Å². The van der Waals surface area contributed by atoms with Gasteiger partial charge in [0, 0.05) is 25.3 Å². The van der Waals surface area contributed by atoms with Gasteiger partial charge in [-0.1, -0.05) is 12.1 Å². The number of morpholine rings is 1. The lowest BCUT2D eigenvalue weighted by atomic mass is 10.2. The van der Waals surface area contributed by atoms with Crippen LogP contribution in [0.3, 0.4) is 0 Å². The quantitative estimate of drug-likeness (QED) is 0.745. The lowest BCUT2D eigenvalue weighted by molar-refractivity contribution is -0.0212. The molecule has 2 rings (SSSR count). The van der Waals surface area contributed by atoms with Crippen LogP contribution in [-0.2, 0) is 11.3 Å². The zero-order chi connectivity index (χ0) is 10.7. The molecule has 1 aliphatic heterocycles. The molecule has 82 valence electrons. The van der Waals surface area contributed by atoms with Crippen LogP contribution in [0.2, 0.25) is 0 Å². The van der Waals surface area contributed by atoms with E-state index in [1.165, 1.54) is 5.56 Å². The van der Waals surface area contributed by atoms with E-state index in [-0.39, 0.29) is 0 Å². The number of hydrogen-bond acceptors (Lipinski definition) is 3. The summed E-state index contributed by atoms with van der Waals surface area (Å²) in [5.41, 5.74) is 7.87. The Balaban J connectivity index is 1.96. The Morgan fingerprint density at radius 2 is 2.40 bits per heavy atom. The van der Waals surface area contributed by atoms with Crippen LogP contribution in [0.5, 0.6) is 0 Å². The topological polar surface area (TPSA) is 38.5 Å². The lowest BCUT2D eigenvalue weighted by Gasteiger charge is -2.31. The molecule has 1 aromatic rings. The highest BCUT2D eigenvalue weighted by Crippen LogP contribution is 2.12. The molecular formula is C12H18N2O. The van der Waals surface area contributed by atoms with Gasteiger partial charge >= 0.3 is 0 Å². The molecule has 0 aromatic heterocycles. The van der Waals surface area contributed by atoms with Gasteiger partial charge in [-0.25, -0.2) is 0 Å². The van der Waals surface area contributed by atoms with Crippen molar-refractivity contribution in [1.82, 2.24) is 4.90 Å². The molecule has 0 saturated carbocycles. The molecule has 3 nitrogen and oxygen atoms in total. The second-order valence-corrected chi connectivity index (χ2v) is 4.16. The van der Waals surface area contributed by atoms with E-state index in [2.05, 4.69) is 17.9 Å². The average Bonchev–Trinajstić information content (AvgIpc) is 2.17. The second-order valence-electron chi connectivity index (χ2n) is 4.16. The van der Waals surface area contributed by atoms with Gasteiger partial charge in [0.2, 0.25) is 0 Å². The van der Waals surface area contributed by atoms with Gasteiger partial charge < -0.3 is 10.5 Å². The monoisotopic (exact) mass is 206 g/mol. The van der Waals surface area contributed by atoms with E-state index in [0.29, 0.717) is 6.10 Å². The van der Waals surface area contributed by atoms with Crippen molar-refractivity contribution in [3.05, 3.63) is 29.8 Å². The van der Waals surface area contributed by atoms with E-state index >= 15 is 0 Å². The first-order valence-electron chi connectivity index (χ1n) is 5.42. The van der Waals surface area contributed by atoms with Crippen molar-refractivity contribution in [2.75, 3.05) is 25.4 Å². The van der Waals surface area contributed by atoms with Crippen molar-refractivity contribution in [2.24, 2.45) is 0 Å². The Hall–Kier alpha value is -1.06. The van der Waals surface area contributed by atoms with E-state index in [1.54, 1.807) is 0 Å². The van der Waals surface area contributed by atoms with Crippen LogP contribution in [0.15, 0.2) is 24.3 Å². The third kappa shape index (κ3) is 2.94. The van der Waals surface area contributed by atoms with Gasteiger partial charge in [-0.15, -0.1) is 0 Å². The summed E-state index contributed by atoms with van der Waals surface area (Å²) < 4.78 is 5.50. The highest BCUT2D eigenvalue weighted by atomic mass is 16.5. The molecule has 1 aliphatic rings. The molecule has 1 heterocycles. The first-order valence-corrected chi connectivity index (χ1v) is 5.42. The Morgan fingerprint density at radius 3 is 3.13 bits per heavy atom. The Bertz CT molecular complexity index is 327. The molecular weight excluding hydrogens is 188 g/mol. The number of nitrogens with zero attached hydrogens (tertiary/aromatic N) is 1. The highest BCUT2D eigenvalue weighted by Gasteiger charge is 2.16. The van der Waals surface area contributed by atoms with Crippen LogP contribution < -0.4 is 5.73 Å². The molecule has 15 heavy (non-hydrogen) atoms. The minimum Gasteiger partial charge on any atom is -0.399 e. The minimum atomic E-state index is 0.347. The van der Waals surface area contributed by atoms with Gasteiger partial charge in [-0.2, -0.15) is 0 Å². The molecule has 1 fully saturated rings. The maximum atomic E-state index is 5.75. The molecule has 0 spiro atoms. The van der Waals surface area contributed by atoms with Crippen molar-refractivity contribution in [3.63, 3.8) is 0 Å². The fourth-order valence-electron chi connectivity index (χ4n) is 1.98. The summed E-state index contributed by atoms with van der Waals surface area (Å²) >= 11 is 0. The maximum Gasteiger partial charge on any atom is 0.0674 e. The van der Waals surface area contributed by atoms with E-state index in [0.717, 1.165) is 31.9 Å². The fourth-order valence-corrected chi connectivity index (χ4v) is 1.98. The van der Waals surface area contributed by atoms with Crippen LogP contribution in [0.4, 0.5) is 5.69 Å². The first-order chi connectivity index (χ1) is 7.24. The summed E-state index contributed by atoms with van der Waals surface area (Å²) in [6.07, 6.45) is 0.347. The molecule has 1 saturated heterocycles. The van der Waals surface area contributed by atoms with Crippen molar-refractivity contribution in [1.29, 1.82) is 0 Å². The number of rotatable bonds is 2. The minimum absolute atomic E-state index is 0.347. The lowest BCUT2D eigenvalue weighted by Crippen LogP contribution is -2.40. The summed E-state index contributed by atoms with van der Waals surface area (Å²) in [7, 11) is 0. The summed E-state index contributed by atoms with van der Waals surface area (Å²) in [5, 5.41) is 0. The van der Waals surface area contributed by atoms with Crippen molar-refractivity contribution >= 4 is 5.69 Å². The normalized spacial score (nSPS) is 22.9. The molecule has 1 atom stereocenters. The summed E-state index contributed by atoms with van der Waals surface area (Å²) in [5.74, 6) is 0. The van der Waals surface area contributed by atoms with E-state index < -0.39 is 0 Å². The Kier molecular flexibility index (Phi) is 3.23. The largest absolute Gasteiger partial charge is 0.399 e. The van der Waals surface area contributed by atoms with E-state index in [4.69, 9.17) is 10.5 Å². The zero-order valence-electron chi connectivity index (χ0n) is 9.15. The zero-order valence-corrected chi connectivity index (χ0v) is 9.15. The number of benzene rings is 1. The summed E-state index contributed by atoms with van der Waals surface area (Å²) in [6, 6.07) is 8.09. The molecule has 0 amide bonds. The van der Waals surface area contributed by atoms with E-state index in [9.17, 15) is 0 Å². The van der Waals surface area contributed by atoms with E-state index in [1.807, 2.05) is 18.2 Å². The maximum absolute atomic E-state index is 5.75. The van der Waals surface area contributed by atoms with Gasteiger partial charge in [0.25, 0.3) is 0 Å². The van der Waals surface area contributed by atoms with Crippen LogP contribution in [0, 0.1) is 0 Å². The van der Waals surface area contributed by atoms with Gasteiger partial charge in [0.15, 0.2) is 0 Å². The molecule has 0 aliphatic carbocycles. The van der Waals surface area contributed by atoms with Gasteiger partial charge in [-0.3, -0.25) is 4.90 Å². The fraction of sp³-hybridized carbons (Fsp3) is 0.500. The standard InChI is InChI=1S/C12H18N2O/c1-10-8-14(5-6-15-10)9-11-3-2-4-12(13)7-11/h2-4,7,10H,5-6,8-9,13H2,1H3. The number of nitrogens with two attached hydrogens (primary N) is 1. The Morgan fingerprint density at radius 1 is 1.53 bits per heavy atom. The SMILES string of the molecule is CC1CN(Cc2cccc(N)c2)CCO1. The van der Waals surface area contributed by atoms with Crippen molar-refractivity contribution < 1.29 is 4.74 Å².